The Kier molecular flexibility index (Phi) is 7.75. The molecule has 3 amide bonds. The highest BCUT2D eigenvalue weighted by atomic mass is 32.2. The number of anilines is 1. The number of amides is 3. The van der Waals surface area contributed by atoms with Crippen LogP contribution in [0.4, 0.5) is 5.69 Å². The molecule has 1 aromatic rings. The summed E-state index contributed by atoms with van der Waals surface area (Å²) < 4.78 is 6.50. The van der Waals surface area contributed by atoms with Gasteiger partial charge in [0.05, 0.1) is 17.9 Å². The number of rotatable bonds is 8. The monoisotopic (exact) mass is 552 g/mol. The van der Waals surface area contributed by atoms with Gasteiger partial charge in [0, 0.05) is 29.7 Å². The van der Waals surface area contributed by atoms with Crippen LogP contribution in [0.1, 0.15) is 51.4 Å². The van der Waals surface area contributed by atoms with Crippen molar-refractivity contribution in [2.45, 2.75) is 80.1 Å². The van der Waals surface area contributed by atoms with Crippen molar-refractivity contribution in [2.75, 3.05) is 37.8 Å². The van der Waals surface area contributed by atoms with Crippen molar-refractivity contribution in [1.82, 2.24) is 15.1 Å². The number of benzene rings is 1. The molecule has 0 aromatic heterocycles. The van der Waals surface area contributed by atoms with Gasteiger partial charge in [-0.3, -0.25) is 14.4 Å². The van der Waals surface area contributed by atoms with Gasteiger partial charge >= 0.3 is 0 Å². The van der Waals surface area contributed by atoms with Crippen LogP contribution < -0.4 is 10.6 Å². The van der Waals surface area contributed by atoms with Crippen LogP contribution in [0, 0.1) is 11.8 Å². The quantitative estimate of drug-likeness (QED) is 0.379. The molecule has 1 aliphatic carbocycles. The fourth-order valence-corrected chi connectivity index (χ4v) is 7.85. The number of piperidine rings is 1. The van der Waals surface area contributed by atoms with Crippen LogP contribution >= 0.6 is 11.8 Å². The third kappa shape index (κ3) is 5.02. The highest BCUT2D eigenvalue weighted by Gasteiger charge is 2.72. The molecule has 39 heavy (non-hydrogen) atoms. The van der Waals surface area contributed by atoms with E-state index in [-0.39, 0.29) is 23.8 Å². The van der Waals surface area contributed by atoms with Crippen LogP contribution in [-0.4, -0.2) is 83.7 Å². The standard InChI is InChI=1S/C30H40N4O4S/c1-39-22-12-8-11-21(19-22)32-27(35)24-23-13-14-30(38-23)25(24)29(37)34(18-17-33-15-6-3-7-16-33)26(30)28(36)31-20-9-4-2-5-10-20/h8,11-14,19-20,23-26H,2-7,9-10,15-18H2,1H3,(H,31,36)(H,32,35)/t23-,24-,25-,26-,30-/m0/s1. The van der Waals surface area contributed by atoms with E-state index in [1.807, 2.05) is 42.7 Å². The second-order valence-corrected chi connectivity index (χ2v) is 12.6. The summed E-state index contributed by atoms with van der Waals surface area (Å²) in [6, 6.07) is 7.07. The molecule has 2 N–H and O–H groups in total. The Hall–Kier alpha value is -2.36. The van der Waals surface area contributed by atoms with Crippen LogP contribution in [0.3, 0.4) is 0 Å². The number of thioether (sulfide) groups is 1. The van der Waals surface area contributed by atoms with Crippen molar-refractivity contribution in [3.05, 3.63) is 36.4 Å². The molecule has 2 bridgehead atoms. The number of nitrogens with zero attached hydrogens (tertiary/aromatic N) is 2. The molecular formula is C30H40N4O4S. The van der Waals surface area contributed by atoms with Crippen molar-refractivity contribution >= 4 is 35.2 Å². The maximum Gasteiger partial charge on any atom is 0.246 e. The summed E-state index contributed by atoms with van der Waals surface area (Å²) in [5.41, 5.74) is -0.405. The first kappa shape index (κ1) is 26.8. The fourth-order valence-electron chi connectivity index (χ4n) is 7.39. The maximum absolute atomic E-state index is 14.1. The van der Waals surface area contributed by atoms with E-state index >= 15 is 0 Å². The van der Waals surface area contributed by atoms with E-state index in [2.05, 4.69) is 15.5 Å². The van der Waals surface area contributed by atoms with Crippen LogP contribution in [0.2, 0.25) is 0 Å². The lowest BCUT2D eigenvalue weighted by Gasteiger charge is -2.35. The van der Waals surface area contributed by atoms with E-state index in [9.17, 15) is 14.4 Å². The summed E-state index contributed by atoms with van der Waals surface area (Å²) in [7, 11) is 0. The topological polar surface area (TPSA) is 91.0 Å². The van der Waals surface area contributed by atoms with Gasteiger partial charge in [-0.05, 0) is 63.2 Å². The smallest absolute Gasteiger partial charge is 0.246 e. The molecule has 0 unspecified atom stereocenters. The first-order valence-corrected chi connectivity index (χ1v) is 15.9. The third-order valence-corrected chi connectivity index (χ3v) is 10.0. The van der Waals surface area contributed by atoms with E-state index in [1.54, 1.807) is 16.7 Å². The molecule has 3 saturated heterocycles. The first-order valence-electron chi connectivity index (χ1n) is 14.7. The summed E-state index contributed by atoms with van der Waals surface area (Å²) in [6.07, 6.45) is 14.2. The lowest BCUT2D eigenvalue weighted by atomic mass is 9.74. The second kappa shape index (κ2) is 11.3. The van der Waals surface area contributed by atoms with E-state index in [0.717, 1.165) is 50.2 Å². The third-order valence-electron chi connectivity index (χ3n) is 9.32. The summed E-state index contributed by atoms with van der Waals surface area (Å²) in [5, 5.41) is 6.31. The number of fused-ring (bicyclic) bond motifs is 1. The summed E-state index contributed by atoms with van der Waals surface area (Å²) in [5.74, 6) is -1.90. The fraction of sp³-hybridized carbons (Fsp3) is 0.633. The minimum absolute atomic E-state index is 0.131. The Morgan fingerprint density at radius 3 is 2.59 bits per heavy atom. The Labute approximate surface area is 235 Å². The number of hydrogen-bond acceptors (Lipinski definition) is 6. The van der Waals surface area contributed by atoms with E-state index in [0.29, 0.717) is 12.2 Å². The minimum atomic E-state index is -1.11. The summed E-state index contributed by atoms with van der Waals surface area (Å²) in [4.78, 5) is 46.9. The van der Waals surface area contributed by atoms with Crippen molar-refractivity contribution in [3.8, 4) is 0 Å². The molecule has 4 fully saturated rings. The lowest BCUT2D eigenvalue weighted by molar-refractivity contribution is -0.141. The SMILES string of the molecule is CSc1cccc(NC(=O)[C@H]2[C@@H]3C=C[C@]4(O3)[C@@H]2C(=O)N(CCN2CCCCC2)[C@H]4C(=O)NC2CCCCC2)c1. The van der Waals surface area contributed by atoms with Crippen molar-refractivity contribution in [2.24, 2.45) is 11.8 Å². The second-order valence-electron chi connectivity index (χ2n) is 11.7. The molecular weight excluding hydrogens is 512 g/mol. The van der Waals surface area contributed by atoms with Gasteiger partial charge in [0.2, 0.25) is 17.7 Å². The summed E-state index contributed by atoms with van der Waals surface area (Å²) >= 11 is 1.61. The molecule has 4 heterocycles. The predicted octanol–water partition coefficient (Wildman–Crippen LogP) is 3.43. The number of likely N-dealkylation sites (tertiary alicyclic amines) is 2. The van der Waals surface area contributed by atoms with Gasteiger partial charge in [-0.2, -0.15) is 0 Å². The van der Waals surface area contributed by atoms with Gasteiger partial charge in [-0.1, -0.05) is 43.9 Å². The molecule has 5 atom stereocenters. The predicted molar refractivity (Wildman–Crippen MR) is 151 cm³/mol. The molecule has 5 aliphatic rings. The zero-order valence-corrected chi connectivity index (χ0v) is 23.6. The average molecular weight is 553 g/mol. The zero-order valence-electron chi connectivity index (χ0n) is 22.8. The highest BCUT2D eigenvalue weighted by Crippen LogP contribution is 2.55. The molecule has 1 spiro atoms. The molecule has 0 radical (unpaired) electrons. The van der Waals surface area contributed by atoms with Crippen LogP contribution in [0.15, 0.2) is 41.3 Å². The van der Waals surface area contributed by atoms with Gasteiger partial charge in [0.15, 0.2) is 0 Å². The minimum Gasteiger partial charge on any atom is -0.359 e. The van der Waals surface area contributed by atoms with Crippen LogP contribution in [0.5, 0.6) is 0 Å². The van der Waals surface area contributed by atoms with Gasteiger partial charge < -0.3 is 25.2 Å². The molecule has 1 aromatic carbocycles. The number of hydrogen-bond donors (Lipinski definition) is 2. The lowest BCUT2D eigenvalue weighted by Crippen LogP contribution is -2.57. The number of carbonyl (C=O) groups excluding carboxylic acids is 3. The number of nitrogens with one attached hydrogen (secondary N) is 2. The highest BCUT2D eigenvalue weighted by molar-refractivity contribution is 7.98. The number of ether oxygens (including phenoxy) is 1. The molecule has 4 aliphatic heterocycles. The van der Waals surface area contributed by atoms with E-state index in [4.69, 9.17) is 4.74 Å². The Morgan fingerprint density at radius 1 is 1.05 bits per heavy atom. The molecule has 6 rings (SSSR count). The van der Waals surface area contributed by atoms with Gasteiger partial charge in [0.25, 0.3) is 0 Å². The van der Waals surface area contributed by atoms with Crippen molar-refractivity contribution < 1.29 is 19.1 Å². The molecule has 1 saturated carbocycles. The van der Waals surface area contributed by atoms with Crippen molar-refractivity contribution in [1.29, 1.82) is 0 Å². The molecule has 8 nitrogen and oxygen atoms in total. The largest absolute Gasteiger partial charge is 0.359 e. The van der Waals surface area contributed by atoms with Crippen molar-refractivity contribution in [3.63, 3.8) is 0 Å². The summed E-state index contributed by atoms with van der Waals surface area (Å²) in [6.45, 7) is 3.24. The molecule has 210 valence electrons. The Morgan fingerprint density at radius 2 is 1.82 bits per heavy atom. The number of carbonyl (C=O) groups is 3. The Balaban J connectivity index is 1.26. The van der Waals surface area contributed by atoms with E-state index in [1.165, 1.54) is 25.7 Å². The van der Waals surface area contributed by atoms with Gasteiger partial charge in [0.1, 0.15) is 11.6 Å². The van der Waals surface area contributed by atoms with Crippen LogP contribution in [-0.2, 0) is 19.1 Å². The normalized spacial score (nSPS) is 32.4. The average Bonchev–Trinajstić information content (AvgIpc) is 3.60. The zero-order chi connectivity index (χ0) is 27.0. The first-order chi connectivity index (χ1) is 19.0. The Bertz CT molecular complexity index is 1130. The molecule has 9 heteroatoms. The van der Waals surface area contributed by atoms with E-state index < -0.39 is 29.6 Å². The van der Waals surface area contributed by atoms with Crippen LogP contribution in [0.25, 0.3) is 0 Å². The maximum atomic E-state index is 14.1. The van der Waals surface area contributed by atoms with Gasteiger partial charge in [-0.15, -0.1) is 11.8 Å². The van der Waals surface area contributed by atoms with Gasteiger partial charge in [-0.25, -0.2) is 0 Å².